The summed E-state index contributed by atoms with van der Waals surface area (Å²) >= 11 is 0. The van der Waals surface area contributed by atoms with Crippen LogP contribution in [0.5, 0.6) is 0 Å². The predicted molar refractivity (Wildman–Crippen MR) is 84.9 cm³/mol. The van der Waals surface area contributed by atoms with E-state index >= 15 is 0 Å². The second-order valence-electron chi connectivity index (χ2n) is 4.07. The van der Waals surface area contributed by atoms with E-state index in [4.69, 9.17) is 10.3 Å². The van der Waals surface area contributed by atoms with Crippen LogP contribution >= 0.6 is 24.8 Å². The molecule has 0 saturated heterocycles. The van der Waals surface area contributed by atoms with Crippen molar-refractivity contribution < 1.29 is 9.32 Å². The Bertz CT molecular complexity index is 534. The third-order valence-corrected chi connectivity index (χ3v) is 2.61. The van der Waals surface area contributed by atoms with Crippen molar-refractivity contribution in [3.8, 4) is 11.3 Å². The van der Waals surface area contributed by atoms with Gasteiger partial charge >= 0.3 is 0 Å². The number of pyridine rings is 1. The van der Waals surface area contributed by atoms with Crippen LogP contribution in [0.4, 0.5) is 0 Å². The Balaban J connectivity index is 0.00000200. The molecule has 2 aromatic rings. The molecule has 0 aliphatic heterocycles. The molecule has 8 heteroatoms. The van der Waals surface area contributed by atoms with E-state index in [9.17, 15) is 4.79 Å². The number of aromatic nitrogens is 2. The SMILES string of the molecule is Cl.Cl.NCCCCNC(=O)c1cc(-c2cccnc2)on1. The summed E-state index contributed by atoms with van der Waals surface area (Å²) in [6, 6.07) is 5.25. The first kappa shape index (κ1) is 19.4. The number of nitrogens with two attached hydrogens (primary N) is 1. The highest BCUT2D eigenvalue weighted by Gasteiger charge is 2.12. The molecule has 2 rings (SSSR count). The number of hydrogen-bond donors (Lipinski definition) is 2. The molecule has 3 N–H and O–H groups in total. The van der Waals surface area contributed by atoms with Gasteiger partial charge in [0.05, 0.1) is 0 Å². The molecule has 0 unspecified atom stereocenters. The van der Waals surface area contributed by atoms with Gasteiger partial charge in [0, 0.05) is 30.6 Å². The van der Waals surface area contributed by atoms with Gasteiger partial charge in [-0.25, -0.2) is 0 Å². The molecular weight excluding hydrogens is 315 g/mol. The van der Waals surface area contributed by atoms with E-state index in [1.165, 1.54) is 0 Å². The Morgan fingerprint density at radius 1 is 1.33 bits per heavy atom. The molecule has 0 radical (unpaired) electrons. The number of rotatable bonds is 6. The Morgan fingerprint density at radius 3 is 2.81 bits per heavy atom. The third-order valence-electron chi connectivity index (χ3n) is 2.61. The molecule has 0 spiro atoms. The van der Waals surface area contributed by atoms with Gasteiger partial charge in [-0.15, -0.1) is 24.8 Å². The Labute approximate surface area is 135 Å². The van der Waals surface area contributed by atoms with Gasteiger partial charge in [0.25, 0.3) is 5.91 Å². The van der Waals surface area contributed by atoms with Crippen molar-refractivity contribution in [2.45, 2.75) is 12.8 Å². The van der Waals surface area contributed by atoms with Crippen LogP contribution in [0, 0.1) is 0 Å². The second-order valence-corrected chi connectivity index (χ2v) is 4.07. The largest absolute Gasteiger partial charge is 0.355 e. The van der Waals surface area contributed by atoms with E-state index in [1.807, 2.05) is 6.07 Å². The smallest absolute Gasteiger partial charge is 0.273 e. The molecule has 116 valence electrons. The van der Waals surface area contributed by atoms with E-state index in [0.717, 1.165) is 18.4 Å². The van der Waals surface area contributed by atoms with Crippen LogP contribution in [0.15, 0.2) is 35.1 Å². The number of unbranched alkanes of at least 4 members (excludes halogenated alkanes) is 1. The minimum absolute atomic E-state index is 0. The van der Waals surface area contributed by atoms with Gasteiger partial charge in [0.2, 0.25) is 0 Å². The maximum Gasteiger partial charge on any atom is 0.273 e. The van der Waals surface area contributed by atoms with Gasteiger partial charge in [-0.3, -0.25) is 9.78 Å². The van der Waals surface area contributed by atoms with E-state index in [2.05, 4.69) is 15.5 Å². The zero-order valence-corrected chi connectivity index (χ0v) is 13.0. The van der Waals surface area contributed by atoms with E-state index in [1.54, 1.807) is 24.5 Å². The number of carbonyl (C=O) groups is 1. The highest BCUT2D eigenvalue weighted by Crippen LogP contribution is 2.18. The normalized spacial score (nSPS) is 9.38. The lowest BCUT2D eigenvalue weighted by molar-refractivity contribution is 0.0944. The average molecular weight is 333 g/mol. The van der Waals surface area contributed by atoms with Crippen molar-refractivity contribution in [3.63, 3.8) is 0 Å². The number of carbonyl (C=O) groups excluding carboxylic acids is 1. The molecule has 2 heterocycles. The Kier molecular flexibility index (Phi) is 9.36. The molecule has 21 heavy (non-hydrogen) atoms. The molecule has 0 aliphatic rings. The number of nitrogens with one attached hydrogen (secondary N) is 1. The van der Waals surface area contributed by atoms with E-state index in [0.29, 0.717) is 18.8 Å². The number of hydrogen-bond acceptors (Lipinski definition) is 5. The highest BCUT2D eigenvalue weighted by atomic mass is 35.5. The van der Waals surface area contributed by atoms with Crippen molar-refractivity contribution in [3.05, 3.63) is 36.3 Å². The van der Waals surface area contributed by atoms with Gasteiger partial charge in [0.15, 0.2) is 11.5 Å². The van der Waals surface area contributed by atoms with Gasteiger partial charge in [-0.05, 0) is 31.5 Å². The van der Waals surface area contributed by atoms with Crippen LogP contribution in [0.3, 0.4) is 0 Å². The maximum atomic E-state index is 11.8. The quantitative estimate of drug-likeness (QED) is 0.789. The van der Waals surface area contributed by atoms with Gasteiger partial charge in [-0.1, -0.05) is 5.16 Å². The molecule has 0 fully saturated rings. The van der Waals surface area contributed by atoms with Gasteiger partial charge in [0.1, 0.15) is 0 Å². The summed E-state index contributed by atoms with van der Waals surface area (Å²) in [5, 5.41) is 6.52. The predicted octanol–water partition coefficient (Wildman–Crippen LogP) is 2.05. The summed E-state index contributed by atoms with van der Waals surface area (Å²) in [4.78, 5) is 15.8. The van der Waals surface area contributed by atoms with E-state index < -0.39 is 0 Å². The lowest BCUT2D eigenvalue weighted by Gasteiger charge is -2.00. The summed E-state index contributed by atoms with van der Waals surface area (Å²) in [5.41, 5.74) is 6.44. The molecule has 2 aromatic heterocycles. The maximum absolute atomic E-state index is 11.8. The molecule has 6 nitrogen and oxygen atoms in total. The first-order valence-electron chi connectivity index (χ1n) is 6.16. The van der Waals surface area contributed by atoms with Crippen LogP contribution < -0.4 is 11.1 Å². The Hall–Kier alpha value is -1.63. The lowest BCUT2D eigenvalue weighted by atomic mass is 10.2. The fourth-order valence-electron chi connectivity index (χ4n) is 1.59. The van der Waals surface area contributed by atoms with Crippen LogP contribution in [0.25, 0.3) is 11.3 Å². The van der Waals surface area contributed by atoms with Crippen molar-refractivity contribution in [2.24, 2.45) is 5.73 Å². The van der Waals surface area contributed by atoms with E-state index in [-0.39, 0.29) is 36.4 Å². The number of nitrogens with zero attached hydrogens (tertiary/aromatic N) is 2. The summed E-state index contributed by atoms with van der Waals surface area (Å²) in [6.45, 7) is 1.22. The van der Waals surface area contributed by atoms with Crippen LogP contribution in [-0.2, 0) is 0 Å². The standard InChI is InChI=1S/C13H16N4O2.2ClH/c14-5-1-2-7-16-13(18)11-8-12(19-17-11)10-4-3-6-15-9-10;;/h3-4,6,8-9H,1-2,5,7,14H2,(H,16,18);2*1H. The van der Waals surface area contributed by atoms with Crippen molar-refractivity contribution in [1.29, 1.82) is 0 Å². The average Bonchev–Trinajstić information content (AvgIpc) is 2.94. The summed E-state index contributed by atoms with van der Waals surface area (Å²) in [7, 11) is 0. The monoisotopic (exact) mass is 332 g/mol. The lowest BCUT2D eigenvalue weighted by Crippen LogP contribution is -2.25. The summed E-state index contributed by atoms with van der Waals surface area (Å²) in [6.07, 6.45) is 5.07. The molecule has 0 saturated carbocycles. The molecular formula is C13H18Cl2N4O2. The van der Waals surface area contributed by atoms with Crippen molar-refractivity contribution in [1.82, 2.24) is 15.5 Å². The van der Waals surface area contributed by atoms with Crippen molar-refractivity contribution >= 4 is 30.7 Å². The third kappa shape index (κ3) is 5.71. The first-order chi connectivity index (χ1) is 9.31. The molecule has 0 bridgehead atoms. The zero-order valence-electron chi connectivity index (χ0n) is 11.3. The second kappa shape index (κ2) is 10.1. The fourth-order valence-corrected chi connectivity index (χ4v) is 1.59. The first-order valence-corrected chi connectivity index (χ1v) is 6.16. The minimum Gasteiger partial charge on any atom is -0.355 e. The summed E-state index contributed by atoms with van der Waals surface area (Å²) in [5.74, 6) is 0.288. The Morgan fingerprint density at radius 2 is 2.14 bits per heavy atom. The fraction of sp³-hybridized carbons (Fsp3) is 0.308. The molecule has 1 amide bonds. The van der Waals surface area contributed by atoms with Crippen molar-refractivity contribution in [2.75, 3.05) is 13.1 Å². The molecule has 0 aromatic carbocycles. The highest BCUT2D eigenvalue weighted by molar-refractivity contribution is 5.93. The zero-order chi connectivity index (χ0) is 13.5. The molecule has 0 atom stereocenters. The topological polar surface area (TPSA) is 94.0 Å². The molecule has 0 aliphatic carbocycles. The number of amides is 1. The van der Waals surface area contributed by atoms with Crippen LogP contribution in [-0.4, -0.2) is 29.1 Å². The minimum atomic E-state index is -0.240. The van der Waals surface area contributed by atoms with Crippen LogP contribution in [0.2, 0.25) is 0 Å². The van der Waals surface area contributed by atoms with Gasteiger partial charge in [-0.2, -0.15) is 0 Å². The number of halogens is 2. The van der Waals surface area contributed by atoms with Gasteiger partial charge < -0.3 is 15.6 Å². The summed E-state index contributed by atoms with van der Waals surface area (Å²) < 4.78 is 5.13. The van der Waals surface area contributed by atoms with Crippen LogP contribution in [0.1, 0.15) is 23.3 Å².